The SMILES string of the molecule is CN=C(NCc1cccc(NC(=O)N2CCCC2)c1)NCc1nc(C)c(C)o1. The predicted octanol–water partition coefficient (Wildman–Crippen LogP) is 2.78. The molecule has 150 valence electrons. The Morgan fingerprint density at radius 2 is 1.96 bits per heavy atom. The number of guanidine groups is 1. The average molecular weight is 384 g/mol. The molecule has 1 saturated heterocycles. The Morgan fingerprint density at radius 3 is 2.64 bits per heavy atom. The van der Waals surface area contributed by atoms with E-state index < -0.39 is 0 Å². The first-order valence-corrected chi connectivity index (χ1v) is 9.57. The van der Waals surface area contributed by atoms with E-state index in [1.807, 2.05) is 43.0 Å². The second kappa shape index (κ2) is 9.25. The summed E-state index contributed by atoms with van der Waals surface area (Å²) in [4.78, 5) is 22.7. The summed E-state index contributed by atoms with van der Waals surface area (Å²) in [6.45, 7) is 6.52. The monoisotopic (exact) mass is 384 g/mol. The zero-order chi connectivity index (χ0) is 19.9. The number of likely N-dealkylation sites (tertiary alicyclic amines) is 1. The third kappa shape index (κ3) is 5.25. The quantitative estimate of drug-likeness (QED) is 0.544. The number of rotatable bonds is 5. The van der Waals surface area contributed by atoms with Crippen LogP contribution in [0.4, 0.5) is 10.5 Å². The number of aliphatic imine (C=N–C) groups is 1. The van der Waals surface area contributed by atoms with Gasteiger partial charge in [0, 0.05) is 32.4 Å². The fraction of sp³-hybridized carbons (Fsp3) is 0.450. The number of urea groups is 1. The van der Waals surface area contributed by atoms with Crippen LogP contribution in [0.5, 0.6) is 0 Å². The van der Waals surface area contributed by atoms with E-state index in [4.69, 9.17) is 4.42 Å². The van der Waals surface area contributed by atoms with Crippen LogP contribution in [-0.4, -0.2) is 42.0 Å². The molecule has 0 atom stereocenters. The number of nitrogens with zero attached hydrogens (tertiary/aromatic N) is 3. The van der Waals surface area contributed by atoms with Crippen LogP contribution in [-0.2, 0) is 13.1 Å². The lowest BCUT2D eigenvalue weighted by molar-refractivity contribution is 0.222. The molecule has 0 aliphatic carbocycles. The van der Waals surface area contributed by atoms with E-state index in [2.05, 4.69) is 25.9 Å². The van der Waals surface area contributed by atoms with Crippen LogP contribution < -0.4 is 16.0 Å². The molecule has 2 heterocycles. The number of carbonyl (C=O) groups excluding carboxylic acids is 1. The average Bonchev–Trinajstić information content (AvgIpc) is 3.33. The minimum Gasteiger partial charge on any atom is -0.444 e. The van der Waals surface area contributed by atoms with Crippen LogP contribution in [0.2, 0.25) is 0 Å². The van der Waals surface area contributed by atoms with Crippen LogP contribution in [0.25, 0.3) is 0 Å². The first-order chi connectivity index (χ1) is 13.5. The predicted molar refractivity (Wildman–Crippen MR) is 109 cm³/mol. The summed E-state index contributed by atoms with van der Waals surface area (Å²) in [6.07, 6.45) is 2.16. The third-order valence-electron chi connectivity index (χ3n) is 4.73. The molecule has 3 N–H and O–H groups in total. The van der Waals surface area contributed by atoms with Crippen molar-refractivity contribution in [3.8, 4) is 0 Å². The smallest absolute Gasteiger partial charge is 0.321 e. The van der Waals surface area contributed by atoms with Gasteiger partial charge in [-0.25, -0.2) is 9.78 Å². The second-order valence-electron chi connectivity index (χ2n) is 6.85. The molecule has 28 heavy (non-hydrogen) atoms. The first kappa shape index (κ1) is 19.7. The highest BCUT2D eigenvalue weighted by Crippen LogP contribution is 2.14. The van der Waals surface area contributed by atoms with E-state index in [0.29, 0.717) is 24.9 Å². The summed E-state index contributed by atoms with van der Waals surface area (Å²) in [5, 5.41) is 9.42. The van der Waals surface area contributed by atoms with Crippen LogP contribution in [0.3, 0.4) is 0 Å². The maximum atomic E-state index is 12.2. The zero-order valence-corrected chi connectivity index (χ0v) is 16.7. The van der Waals surface area contributed by atoms with E-state index in [1.54, 1.807) is 7.05 Å². The summed E-state index contributed by atoms with van der Waals surface area (Å²) in [5.74, 6) is 2.11. The Labute approximate surface area is 165 Å². The van der Waals surface area contributed by atoms with Gasteiger partial charge in [0.2, 0.25) is 5.89 Å². The number of hydrogen-bond donors (Lipinski definition) is 3. The molecule has 2 amide bonds. The van der Waals surface area contributed by atoms with Crippen LogP contribution in [0.1, 0.15) is 35.7 Å². The second-order valence-corrected chi connectivity index (χ2v) is 6.85. The van der Waals surface area contributed by atoms with Gasteiger partial charge in [-0.2, -0.15) is 0 Å². The summed E-state index contributed by atoms with van der Waals surface area (Å²) in [5.41, 5.74) is 2.74. The van der Waals surface area contributed by atoms with Crippen molar-refractivity contribution in [2.24, 2.45) is 4.99 Å². The van der Waals surface area contributed by atoms with Gasteiger partial charge in [-0.05, 0) is 44.4 Å². The number of aromatic nitrogens is 1. The van der Waals surface area contributed by atoms with Gasteiger partial charge in [-0.15, -0.1) is 0 Å². The van der Waals surface area contributed by atoms with Crippen molar-refractivity contribution in [3.05, 3.63) is 47.2 Å². The van der Waals surface area contributed by atoms with E-state index in [0.717, 1.165) is 48.6 Å². The van der Waals surface area contributed by atoms with Crippen molar-refractivity contribution < 1.29 is 9.21 Å². The molecule has 3 rings (SSSR count). The van der Waals surface area contributed by atoms with E-state index >= 15 is 0 Å². The van der Waals surface area contributed by atoms with Crippen LogP contribution in [0.15, 0.2) is 33.7 Å². The lowest BCUT2D eigenvalue weighted by Gasteiger charge is -2.17. The number of anilines is 1. The summed E-state index contributed by atoms with van der Waals surface area (Å²) in [7, 11) is 1.72. The number of aryl methyl sites for hydroxylation is 2. The lowest BCUT2D eigenvalue weighted by atomic mass is 10.2. The van der Waals surface area contributed by atoms with Gasteiger partial charge in [-0.1, -0.05) is 12.1 Å². The summed E-state index contributed by atoms with van der Waals surface area (Å²) < 4.78 is 5.57. The molecule has 1 aromatic carbocycles. The summed E-state index contributed by atoms with van der Waals surface area (Å²) in [6, 6.07) is 7.78. The maximum absolute atomic E-state index is 12.2. The molecule has 2 aromatic rings. The highest BCUT2D eigenvalue weighted by molar-refractivity contribution is 5.89. The number of hydrogen-bond acceptors (Lipinski definition) is 4. The van der Waals surface area contributed by atoms with E-state index in [9.17, 15) is 4.79 Å². The van der Waals surface area contributed by atoms with Gasteiger partial charge in [0.15, 0.2) is 5.96 Å². The van der Waals surface area contributed by atoms with Gasteiger partial charge in [0.1, 0.15) is 5.76 Å². The zero-order valence-electron chi connectivity index (χ0n) is 16.7. The number of nitrogens with one attached hydrogen (secondary N) is 3. The lowest BCUT2D eigenvalue weighted by Crippen LogP contribution is -2.36. The molecule has 0 saturated carbocycles. The highest BCUT2D eigenvalue weighted by Gasteiger charge is 2.17. The molecule has 8 nitrogen and oxygen atoms in total. The molecule has 1 aromatic heterocycles. The fourth-order valence-corrected chi connectivity index (χ4v) is 3.06. The number of oxazole rings is 1. The van der Waals surface area contributed by atoms with Gasteiger partial charge in [0.05, 0.1) is 12.2 Å². The molecule has 0 spiro atoms. The largest absolute Gasteiger partial charge is 0.444 e. The Morgan fingerprint density at radius 1 is 1.21 bits per heavy atom. The van der Waals surface area contributed by atoms with Gasteiger partial charge in [0.25, 0.3) is 0 Å². The third-order valence-corrected chi connectivity index (χ3v) is 4.73. The van der Waals surface area contributed by atoms with Crippen LogP contribution in [0, 0.1) is 13.8 Å². The minimum absolute atomic E-state index is 0.0309. The van der Waals surface area contributed by atoms with Gasteiger partial charge < -0.3 is 25.3 Å². The Balaban J connectivity index is 1.50. The standard InChI is InChI=1S/C20H28N6O2/c1-14-15(2)28-18(24-14)13-23-19(21-3)22-12-16-7-6-8-17(11-16)25-20(27)26-9-4-5-10-26/h6-8,11H,4-5,9-10,12-13H2,1-3H3,(H,25,27)(H2,21,22,23). The van der Waals surface area contributed by atoms with Crippen molar-refractivity contribution >= 4 is 17.7 Å². The van der Waals surface area contributed by atoms with Crippen LogP contribution >= 0.6 is 0 Å². The molecule has 0 bridgehead atoms. The number of amides is 2. The van der Waals surface area contributed by atoms with Crippen molar-refractivity contribution in [1.29, 1.82) is 0 Å². The Hall–Kier alpha value is -3.03. The molecule has 8 heteroatoms. The minimum atomic E-state index is -0.0309. The molecule has 1 aliphatic heterocycles. The number of benzene rings is 1. The first-order valence-electron chi connectivity index (χ1n) is 9.57. The van der Waals surface area contributed by atoms with Gasteiger partial charge >= 0.3 is 6.03 Å². The molecule has 0 unspecified atom stereocenters. The maximum Gasteiger partial charge on any atom is 0.321 e. The topological polar surface area (TPSA) is 94.8 Å². The van der Waals surface area contributed by atoms with E-state index in [-0.39, 0.29) is 6.03 Å². The molecule has 0 radical (unpaired) electrons. The normalized spacial score (nSPS) is 14.2. The van der Waals surface area contributed by atoms with Crippen molar-refractivity contribution in [3.63, 3.8) is 0 Å². The molecular weight excluding hydrogens is 356 g/mol. The fourth-order valence-electron chi connectivity index (χ4n) is 3.06. The molecular formula is C20H28N6O2. The van der Waals surface area contributed by atoms with Gasteiger partial charge in [-0.3, -0.25) is 4.99 Å². The number of carbonyl (C=O) groups is 1. The molecule has 1 fully saturated rings. The Kier molecular flexibility index (Phi) is 6.52. The van der Waals surface area contributed by atoms with Crippen molar-refractivity contribution in [1.82, 2.24) is 20.5 Å². The highest BCUT2D eigenvalue weighted by atomic mass is 16.4. The molecule has 1 aliphatic rings. The van der Waals surface area contributed by atoms with Crippen molar-refractivity contribution in [2.75, 3.05) is 25.5 Å². The van der Waals surface area contributed by atoms with E-state index in [1.165, 1.54) is 0 Å². The van der Waals surface area contributed by atoms with Crippen molar-refractivity contribution in [2.45, 2.75) is 39.8 Å². The Bertz CT molecular complexity index is 819. The summed E-state index contributed by atoms with van der Waals surface area (Å²) >= 11 is 0.